The first-order valence-electron chi connectivity index (χ1n) is 4.97. The quantitative estimate of drug-likeness (QED) is 0.761. The van der Waals surface area contributed by atoms with Crippen molar-refractivity contribution in [3.8, 4) is 0 Å². The number of carboxylic acid groups (broad SMARTS) is 1. The van der Waals surface area contributed by atoms with Crippen molar-refractivity contribution in [2.75, 3.05) is 11.9 Å². The third-order valence-corrected chi connectivity index (χ3v) is 2.80. The summed E-state index contributed by atoms with van der Waals surface area (Å²) in [7, 11) is 0. The number of alkyl halides is 3. The topological polar surface area (TPSA) is 108 Å². The Hall–Kier alpha value is -2.17. The van der Waals surface area contributed by atoms with E-state index in [9.17, 15) is 27.6 Å². The van der Waals surface area contributed by atoms with E-state index >= 15 is 0 Å². The number of carbonyl (C=O) groups excluding carboxylic acids is 2. The van der Waals surface area contributed by atoms with Gasteiger partial charge in [0, 0.05) is 4.88 Å². The van der Waals surface area contributed by atoms with Gasteiger partial charge in [-0.1, -0.05) is 0 Å². The summed E-state index contributed by atoms with van der Waals surface area (Å²) in [6.07, 6.45) is -5.07. The number of aryl methyl sites for hydroxylation is 1. The molecule has 0 aromatic carbocycles. The van der Waals surface area contributed by atoms with Gasteiger partial charge in [-0.3, -0.25) is 9.59 Å². The van der Waals surface area contributed by atoms with Crippen molar-refractivity contribution in [2.45, 2.75) is 13.1 Å². The molecule has 0 bridgehead atoms. The summed E-state index contributed by atoms with van der Waals surface area (Å²) < 4.78 is 35.6. The molecule has 0 fully saturated rings. The Morgan fingerprint density at radius 2 is 1.95 bits per heavy atom. The number of thiazole rings is 1. The second-order valence-corrected chi connectivity index (χ2v) is 4.66. The van der Waals surface area contributed by atoms with Crippen LogP contribution in [0.4, 0.5) is 18.3 Å². The van der Waals surface area contributed by atoms with Crippen LogP contribution in [-0.2, 0) is 9.59 Å². The van der Waals surface area contributed by atoms with Crippen LogP contribution in [0.1, 0.15) is 15.4 Å². The van der Waals surface area contributed by atoms with Crippen LogP contribution in [0.25, 0.3) is 0 Å². The number of carboxylic acids is 1. The van der Waals surface area contributed by atoms with E-state index in [1.807, 2.05) is 0 Å². The monoisotopic (exact) mass is 311 g/mol. The maximum Gasteiger partial charge on any atom is 0.471 e. The highest BCUT2D eigenvalue weighted by Gasteiger charge is 2.38. The standard InChI is InChI=1S/C9H8F3N3O4S/c1-3-5(6(17)18)15-8(20-3)14-4(16)2-13-7(19)9(10,11)12/h2H2,1H3,(H,13,19)(H,17,18)(H,14,15,16). The molecule has 11 heteroatoms. The van der Waals surface area contributed by atoms with Crippen molar-refractivity contribution in [3.05, 3.63) is 10.6 Å². The predicted octanol–water partition coefficient (Wildman–Crippen LogP) is 0.767. The lowest BCUT2D eigenvalue weighted by molar-refractivity contribution is -0.173. The zero-order chi connectivity index (χ0) is 15.5. The van der Waals surface area contributed by atoms with Gasteiger partial charge in [0.1, 0.15) is 0 Å². The van der Waals surface area contributed by atoms with E-state index in [-0.39, 0.29) is 10.8 Å². The van der Waals surface area contributed by atoms with Crippen LogP contribution in [0, 0.1) is 6.92 Å². The summed E-state index contributed by atoms with van der Waals surface area (Å²) in [4.78, 5) is 36.3. The number of anilines is 1. The molecule has 1 rings (SSSR count). The van der Waals surface area contributed by atoms with Gasteiger partial charge < -0.3 is 15.7 Å². The zero-order valence-electron chi connectivity index (χ0n) is 9.87. The molecular formula is C9H8F3N3O4S. The molecule has 110 valence electrons. The zero-order valence-corrected chi connectivity index (χ0v) is 10.7. The first kappa shape index (κ1) is 15.9. The van der Waals surface area contributed by atoms with E-state index in [1.165, 1.54) is 12.2 Å². The normalized spacial score (nSPS) is 11.0. The number of nitrogens with zero attached hydrogens (tertiary/aromatic N) is 1. The van der Waals surface area contributed by atoms with E-state index in [1.54, 1.807) is 0 Å². The fourth-order valence-electron chi connectivity index (χ4n) is 1.07. The van der Waals surface area contributed by atoms with E-state index in [4.69, 9.17) is 5.11 Å². The summed E-state index contributed by atoms with van der Waals surface area (Å²) in [5.74, 6) is -4.48. The maximum absolute atomic E-state index is 11.9. The molecule has 0 unspecified atom stereocenters. The number of amides is 2. The van der Waals surface area contributed by atoms with Gasteiger partial charge in [-0.2, -0.15) is 13.2 Å². The Morgan fingerprint density at radius 1 is 1.35 bits per heavy atom. The van der Waals surface area contributed by atoms with Crippen LogP contribution < -0.4 is 10.6 Å². The number of carbonyl (C=O) groups is 3. The number of halogens is 3. The van der Waals surface area contributed by atoms with Crippen LogP contribution in [0.2, 0.25) is 0 Å². The molecule has 0 saturated heterocycles. The Morgan fingerprint density at radius 3 is 2.40 bits per heavy atom. The summed E-state index contributed by atoms with van der Waals surface area (Å²) in [6, 6.07) is 0. The lowest BCUT2D eigenvalue weighted by Crippen LogP contribution is -2.41. The van der Waals surface area contributed by atoms with Crippen molar-refractivity contribution < 1.29 is 32.7 Å². The Kier molecular flexibility index (Phi) is 4.65. The lowest BCUT2D eigenvalue weighted by atomic mass is 10.4. The molecule has 7 nitrogen and oxygen atoms in total. The van der Waals surface area contributed by atoms with Gasteiger partial charge in [0.2, 0.25) is 5.91 Å². The van der Waals surface area contributed by atoms with Crippen molar-refractivity contribution in [3.63, 3.8) is 0 Å². The van der Waals surface area contributed by atoms with E-state index in [0.29, 0.717) is 4.88 Å². The van der Waals surface area contributed by atoms with Crippen LogP contribution in [-0.4, -0.2) is 40.6 Å². The fourth-order valence-corrected chi connectivity index (χ4v) is 1.89. The molecule has 2 amide bonds. The van der Waals surface area contributed by atoms with Gasteiger partial charge in [0.25, 0.3) is 0 Å². The van der Waals surface area contributed by atoms with Crippen LogP contribution in [0.15, 0.2) is 0 Å². The molecule has 1 aromatic heterocycles. The van der Waals surface area contributed by atoms with Gasteiger partial charge in [-0.15, -0.1) is 11.3 Å². The lowest BCUT2D eigenvalue weighted by Gasteiger charge is -2.07. The van der Waals surface area contributed by atoms with E-state index in [0.717, 1.165) is 11.3 Å². The summed E-state index contributed by atoms with van der Waals surface area (Å²) in [6.45, 7) is 0.557. The van der Waals surface area contributed by atoms with Gasteiger partial charge in [-0.25, -0.2) is 9.78 Å². The fraction of sp³-hybridized carbons (Fsp3) is 0.333. The van der Waals surface area contributed by atoms with Crippen molar-refractivity contribution in [2.24, 2.45) is 0 Å². The Balaban J connectivity index is 2.57. The number of rotatable bonds is 4. The smallest absolute Gasteiger partial charge is 0.471 e. The Labute approximate surface area is 113 Å². The molecule has 0 aliphatic rings. The SMILES string of the molecule is Cc1sc(NC(=O)CNC(=O)C(F)(F)F)nc1C(=O)O. The van der Waals surface area contributed by atoms with Crippen molar-refractivity contribution in [1.82, 2.24) is 10.3 Å². The van der Waals surface area contributed by atoms with Crippen LogP contribution in [0.5, 0.6) is 0 Å². The highest BCUT2D eigenvalue weighted by atomic mass is 32.1. The minimum atomic E-state index is -5.07. The van der Waals surface area contributed by atoms with Crippen molar-refractivity contribution in [1.29, 1.82) is 0 Å². The first-order valence-corrected chi connectivity index (χ1v) is 5.78. The molecule has 3 N–H and O–H groups in total. The third kappa shape index (κ3) is 4.19. The third-order valence-electron chi connectivity index (χ3n) is 1.91. The van der Waals surface area contributed by atoms with Crippen LogP contribution in [0.3, 0.4) is 0 Å². The molecule has 0 saturated carbocycles. The maximum atomic E-state index is 11.9. The van der Waals surface area contributed by atoms with E-state index < -0.39 is 30.5 Å². The molecule has 0 aliphatic heterocycles. The molecule has 20 heavy (non-hydrogen) atoms. The minimum absolute atomic E-state index is 0.0776. The predicted molar refractivity (Wildman–Crippen MR) is 61.5 cm³/mol. The largest absolute Gasteiger partial charge is 0.476 e. The second kappa shape index (κ2) is 5.86. The summed E-state index contributed by atoms with van der Waals surface area (Å²) in [5.41, 5.74) is -0.260. The van der Waals surface area contributed by atoms with E-state index in [2.05, 4.69) is 10.3 Å². The van der Waals surface area contributed by atoms with Crippen molar-refractivity contribution >= 4 is 34.3 Å². The number of nitrogens with one attached hydrogen (secondary N) is 2. The summed E-state index contributed by atoms with van der Waals surface area (Å²) >= 11 is 0.852. The van der Waals surface area contributed by atoms with Gasteiger partial charge >= 0.3 is 18.1 Å². The van der Waals surface area contributed by atoms with Crippen LogP contribution >= 0.6 is 11.3 Å². The average Bonchev–Trinajstić information content (AvgIpc) is 2.65. The minimum Gasteiger partial charge on any atom is -0.476 e. The molecule has 0 aliphatic carbocycles. The number of aromatic nitrogens is 1. The number of hydrogen-bond donors (Lipinski definition) is 3. The van der Waals surface area contributed by atoms with Gasteiger partial charge in [-0.05, 0) is 6.92 Å². The van der Waals surface area contributed by atoms with Gasteiger partial charge in [0.15, 0.2) is 10.8 Å². The highest BCUT2D eigenvalue weighted by Crippen LogP contribution is 2.21. The molecule has 1 heterocycles. The number of hydrogen-bond acceptors (Lipinski definition) is 5. The summed E-state index contributed by atoms with van der Waals surface area (Å²) in [5, 5.41) is 12.1. The highest BCUT2D eigenvalue weighted by molar-refractivity contribution is 7.16. The first-order chi connectivity index (χ1) is 9.11. The second-order valence-electron chi connectivity index (χ2n) is 3.46. The van der Waals surface area contributed by atoms with Gasteiger partial charge in [0.05, 0.1) is 6.54 Å². The molecular weight excluding hydrogens is 303 g/mol. The Bertz CT molecular complexity index is 555. The number of aromatic carboxylic acids is 1. The average molecular weight is 311 g/mol. The molecule has 0 spiro atoms. The molecule has 0 radical (unpaired) electrons. The molecule has 0 atom stereocenters. The molecule has 1 aromatic rings.